The number of rotatable bonds is 6. The van der Waals surface area contributed by atoms with Crippen LogP contribution in [-0.2, 0) is 0 Å². The van der Waals surface area contributed by atoms with Crippen LogP contribution in [0.15, 0.2) is 0 Å². The van der Waals surface area contributed by atoms with Crippen LogP contribution in [0, 0.1) is 11.3 Å². The van der Waals surface area contributed by atoms with Gasteiger partial charge in [0.2, 0.25) is 0 Å². The highest BCUT2D eigenvalue weighted by Crippen LogP contribution is 2.51. The first-order valence-electron chi connectivity index (χ1n) is 7.61. The van der Waals surface area contributed by atoms with E-state index in [1.807, 2.05) is 0 Å². The Morgan fingerprint density at radius 1 is 1.24 bits per heavy atom. The second-order valence-electron chi connectivity index (χ2n) is 6.40. The monoisotopic (exact) mass is 239 g/mol. The van der Waals surface area contributed by atoms with Crippen molar-refractivity contribution in [1.29, 1.82) is 0 Å². The largest absolute Gasteiger partial charge is 0.396 e. The van der Waals surface area contributed by atoms with Gasteiger partial charge in [-0.2, -0.15) is 0 Å². The van der Waals surface area contributed by atoms with Crippen LogP contribution in [0.3, 0.4) is 0 Å². The summed E-state index contributed by atoms with van der Waals surface area (Å²) in [6.45, 7) is 3.62. The molecule has 2 N–H and O–H groups in total. The van der Waals surface area contributed by atoms with E-state index >= 15 is 0 Å². The predicted molar refractivity (Wildman–Crippen MR) is 72.0 cm³/mol. The topological polar surface area (TPSA) is 32.3 Å². The van der Waals surface area contributed by atoms with Crippen molar-refractivity contribution in [3.63, 3.8) is 0 Å². The van der Waals surface area contributed by atoms with Crippen molar-refractivity contribution in [3.05, 3.63) is 0 Å². The molecule has 2 atom stereocenters. The van der Waals surface area contributed by atoms with Gasteiger partial charge in [-0.1, -0.05) is 26.2 Å². The molecule has 0 radical (unpaired) electrons. The van der Waals surface area contributed by atoms with Crippen LogP contribution in [0.5, 0.6) is 0 Å². The minimum absolute atomic E-state index is 0.341. The van der Waals surface area contributed by atoms with Crippen molar-refractivity contribution in [2.24, 2.45) is 11.3 Å². The molecule has 0 aliphatic heterocycles. The molecule has 0 saturated heterocycles. The van der Waals surface area contributed by atoms with Crippen LogP contribution in [0.2, 0.25) is 0 Å². The first-order valence-corrected chi connectivity index (χ1v) is 7.61. The van der Waals surface area contributed by atoms with Crippen LogP contribution < -0.4 is 5.32 Å². The number of hydrogen-bond donors (Lipinski definition) is 2. The molecule has 2 aliphatic carbocycles. The molecule has 100 valence electrons. The third-order valence-corrected chi connectivity index (χ3v) is 5.10. The SMILES string of the molecule is CC(CO)CCCNC1CCC12CCCCC2. The summed E-state index contributed by atoms with van der Waals surface area (Å²) in [7, 11) is 0. The Morgan fingerprint density at radius 2 is 2.00 bits per heavy atom. The quantitative estimate of drug-likeness (QED) is 0.698. The molecular weight excluding hydrogens is 210 g/mol. The Hall–Kier alpha value is -0.0800. The van der Waals surface area contributed by atoms with E-state index in [0.29, 0.717) is 17.9 Å². The van der Waals surface area contributed by atoms with Gasteiger partial charge in [0.25, 0.3) is 0 Å². The molecule has 0 amide bonds. The molecule has 2 fully saturated rings. The van der Waals surface area contributed by atoms with Gasteiger partial charge in [0.05, 0.1) is 0 Å². The molecule has 0 aromatic heterocycles. The van der Waals surface area contributed by atoms with Crippen LogP contribution in [-0.4, -0.2) is 24.3 Å². The molecule has 2 unspecified atom stereocenters. The number of hydrogen-bond acceptors (Lipinski definition) is 2. The Balaban J connectivity index is 1.63. The van der Waals surface area contributed by atoms with E-state index in [-0.39, 0.29) is 0 Å². The molecule has 2 nitrogen and oxygen atoms in total. The average Bonchev–Trinajstić information content (AvgIpc) is 2.37. The zero-order valence-electron chi connectivity index (χ0n) is 11.4. The molecule has 1 spiro atoms. The van der Waals surface area contributed by atoms with Crippen LogP contribution in [0.1, 0.15) is 64.7 Å². The van der Waals surface area contributed by atoms with Gasteiger partial charge in [0.15, 0.2) is 0 Å². The predicted octanol–water partition coefficient (Wildman–Crippen LogP) is 3.10. The lowest BCUT2D eigenvalue weighted by Gasteiger charge is -2.52. The van der Waals surface area contributed by atoms with Crippen molar-refractivity contribution in [2.45, 2.75) is 70.8 Å². The van der Waals surface area contributed by atoms with Gasteiger partial charge in [0.1, 0.15) is 0 Å². The number of aliphatic hydroxyl groups excluding tert-OH is 1. The lowest BCUT2D eigenvalue weighted by atomic mass is 9.57. The fraction of sp³-hybridized carbons (Fsp3) is 1.00. The summed E-state index contributed by atoms with van der Waals surface area (Å²) in [6.07, 6.45) is 12.6. The van der Waals surface area contributed by atoms with Crippen molar-refractivity contribution < 1.29 is 5.11 Å². The third-order valence-electron chi connectivity index (χ3n) is 5.10. The maximum absolute atomic E-state index is 8.98. The van der Waals surface area contributed by atoms with Gasteiger partial charge in [-0.05, 0) is 56.4 Å². The van der Waals surface area contributed by atoms with Crippen LogP contribution in [0.4, 0.5) is 0 Å². The summed E-state index contributed by atoms with van der Waals surface area (Å²) >= 11 is 0. The summed E-state index contributed by atoms with van der Waals surface area (Å²) in [5, 5.41) is 12.8. The van der Waals surface area contributed by atoms with Crippen LogP contribution >= 0.6 is 0 Å². The van der Waals surface area contributed by atoms with E-state index in [4.69, 9.17) is 5.11 Å². The molecule has 2 saturated carbocycles. The van der Waals surface area contributed by atoms with Gasteiger partial charge in [-0.25, -0.2) is 0 Å². The fourth-order valence-corrected chi connectivity index (χ4v) is 3.69. The van der Waals surface area contributed by atoms with E-state index in [1.54, 1.807) is 0 Å². The zero-order chi connectivity index (χ0) is 12.1. The van der Waals surface area contributed by atoms with E-state index in [0.717, 1.165) is 19.0 Å². The number of nitrogens with one attached hydrogen (secondary N) is 1. The Labute approximate surface area is 106 Å². The van der Waals surface area contributed by atoms with Crippen molar-refractivity contribution in [2.75, 3.05) is 13.2 Å². The van der Waals surface area contributed by atoms with E-state index in [9.17, 15) is 0 Å². The summed E-state index contributed by atoms with van der Waals surface area (Å²) in [5.74, 6) is 0.474. The molecule has 17 heavy (non-hydrogen) atoms. The van der Waals surface area contributed by atoms with Gasteiger partial charge < -0.3 is 10.4 Å². The Kier molecular flexibility index (Phi) is 4.87. The zero-order valence-corrected chi connectivity index (χ0v) is 11.4. The standard InChI is InChI=1S/C15H29NO/c1-13(12-17)6-5-11-16-14-7-10-15(14)8-3-2-4-9-15/h13-14,16-17H,2-12H2,1H3. The molecule has 0 bridgehead atoms. The molecule has 0 heterocycles. The maximum Gasteiger partial charge on any atom is 0.0456 e. The summed E-state index contributed by atoms with van der Waals surface area (Å²) in [4.78, 5) is 0. The minimum Gasteiger partial charge on any atom is -0.396 e. The van der Waals surface area contributed by atoms with E-state index in [1.165, 1.54) is 51.4 Å². The molecule has 0 aromatic rings. The van der Waals surface area contributed by atoms with Crippen molar-refractivity contribution in [3.8, 4) is 0 Å². The van der Waals surface area contributed by atoms with Gasteiger partial charge in [0, 0.05) is 12.6 Å². The number of aliphatic hydroxyl groups is 1. The molecule has 2 aliphatic rings. The summed E-state index contributed by atoms with van der Waals surface area (Å²) in [6, 6.07) is 0.812. The Bertz CT molecular complexity index is 223. The summed E-state index contributed by atoms with van der Waals surface area (Å²) in [5.41, 5.74) is 0.695. The van der Waals surface area contributed by atoms with Crippen LogP contribution in [0.25, 0.3) is 0 Å². The Morgan fingerprint density at radius 3 is 2.59 bits per heavy atom. The van der Waals surface area contributed by atoms with E-state index < -0.39 is 0 Å². The highest BCUT2D eigenvalue weighted by molar-refractivity contribution is 5.01. The second-order valence-corrected chi connectivity index (χ2v) is 6.40. The van der Waals surface area contributed by atoms with E-state index in [2.05, 4.69) is 12.2 Å². The van der Waals surface area contributed by atoms with Crippen molar-refractivity contribution in [1.82, 2.24) is 5.32 Å². The molecule has 2 heteroatoms. The molecular formula is C15H29NO. The minimum atomic E-state index is 0.341. The lowest BCUT2D eigenvalue weighted by Crippen LogP contribution is -2.54. The second kappa shape index (κ2) is 6.19. The smallest absolute Gasteiger partial charge is 0.0456 e. The first kappa shape index (κ1) is 13.4. The first-order chi connectivity index (χ1) is 8.27. The third kappa shape index (κ3) is 3.23. The highest BCUT2D eigenvalue weighted by Gasteiger charge is 2.46. The lowest BCUT2D eigenvalue weighted by molar-refractivity contribution is 0.0229. The van der Waals surface area contributed by atoms with Gasteiger partial charge in [-0.15, -0.1) is 0 Å². The van der Waals surface area contributed by atoms with Gasteiger partial charge in [-0.3, -0.25) is 0 Å². The highest BCUT2D eigenvalue weighted by atomic mass is 16.3. The fourth-order valence-electron chi connectivity index (χ4n) is 3.69. The average molecular weight is 239 g/mol. The normalized spacial score (nSPS) is 28.9. The van der Waals surface area contributed by atoms with Crippen molar-refractivity contribution >= 4 is 0 Å². The molecule has 2 rings (SSSR count). The maximum atomic E-state index is 8.98. The van der Waals surface area contributed by atoms with Gasteiger partial charge >= 0.3 is 0 Å². The molecule has 0 aromatic carbocycles. The summed E-state index contributed by atoms with van der Waals surface area (Å²) < 4.78 is 0.